The van der Waals surface area contributed by atoms with Gasteiger partial charge in [-0.2, -0.15) is 13.5 Å². The molecule has 0 aliphatic rings. The Morgan fingerprint density at radius 1 is 1.06 bits per heavy atom. The van der Waals surface area contributed by atoms with Gasteiger partial charge in [-0.1, -0.05) is 62.7 Å². The van der Waals surface area contributed by atoms with E-state index in [1.54, 1.807) is 12.1 Å². The van der Waals surface area contributed by atoms with Crippen LogP contribution in [0.1, 0.15) is 43.6 Å². The minimum absolute atomic E-state index is 0.0467. The molecule has 1 heterocycles. The Morgan fingerprint density at radius 3 is 2.25 bits per heavy atom. The van der Waals surface area contributed by atoms with E-state index in [0.717, 1.165) is 11.1 Å². The van der Waals surface area contributed by atoms with E-state index in [2.05, 4.69) is 25.9 Å². The Hall–Kier alpha value is -2.68. The zero-order valence-corrected chi connectivity index (χ0v) is 19.9. The minimum atomic E-state index is -4.00. The summed E-state index contributed by atoms with van der Waals surface area (Å²) in [7, 11) is -4.00. The highest BCUT2D eigenvalue weighted by Crippen LogP contribution is 2.27. The molecule has 0 aliphatic carbocycles. The molecule has 1 aromatic heterocycles. The van der Waals surface area contributed by atoms with Gasteiger partial charge in [-0.05, 0) is 35.6 Å². The summed E-state index contributed by atoms with van der Waals surface area (Å²) in [6.07, 6.45) is 0.468. The number of benzene rings is 2. The number of hydrogen-bond donors (Lipinski definition) is 0. The van der Waals surface area contributed by atoms with Crippen LogP contribution in [0.2, 0.25) is 0 Å². The first kappa shape index (κ1) is 24.0. The maximum Gasteiger partial charge on any atom is 0.297 e. The standard InChI is InChI=1S/C23H25ClN2O5S/c1-16-5-11-20(12-6-16)32(28,29)30-15-21(31-19-13-22(27)26(24)25-14-19)17-7-9-18(10-8-17)23(2,3)4/h5-14,21H,15H2,1-4H3. The fourth-order valence-electron chi connectivity index (χ4n) is 2.93. The van der Waals surface area contributed by atoms with Crippen molar-refractivity contribution >= 4 is 21.9 Å². The largest absolute Gasteiger partial charge is 0.481 e. The summed E-state index contributed by atoms with van der Waals surface area (Å²) in [5, 5.41) is 3.72. The molecule has 0 saturated carbocycles. The van der Waals surface area contributed by atoms with Gasteiger partial charge in [0.15, 0.2) is 0 Å². The maximum atomic E-state index is 12.7. The normalized spacial score (nSPS) is 13.0. The van der Waals surface area contributed by atoms with E-state index in [1.807, 2.05) is 31.2 Å². The van der Waals surface area contributed by atoms with Crippen LogP contribution in [0.3, 0.4) is 0 Å². The number of ether oxygens (including phenoxy) is 1. The lowest BCUT2D eigenvalue weighted by atomic mass is 9.86. The second kappa shape index (κ2) is 9.44. The Kier molecular flexibility index (Phi) is 7.07. The lowest BCUT2D eigenvalue weighted by molar-refractivity contribution is 0.132. The predicted molar refractivity (Wildman–Crippen MR) is 123 cm³/mol. The Bertz CT molecular complexity index is 1230. The fraction of sp³-hybridized carbons (Fsp3) is 0.304. The highest BCUT2D eigenvalue weighted by Gasteiger charge is 2.22. The summed E-state index contributed by atoms with van der Waals surface area (Å²) in [6, 6.07) is 15.2. The van der Waals surface area contributed by atoms with Crippen LogP contribution in [-0.4, -0.2) is 24.3 Å². The first-order valence-corrected chi connectivity index (χ1v) is 11.7. The molecule has 1 unspecified atom stereocenters. The lowest BCUT2D eigenvalue weighted by Crippen LogP contribution is -2.20. The molecule has 0 N–H and O–H groups in total. The molecular formula is C23H25ClN2O5S. The topological polar surface area (TPSA) is 87.5 Å². The second-order valence-corrected chi connectivity index (χ2v) is 10.4. The van der Waals surface area contributed by atoms with E-state index < -0.39 is 21.8 Å². The molecule has 7 nitrogen and oxygen atoms in total. The SMILES string of the molecule is Cc1ccc(S(=O)(=O)OCC(Oc2cnn(Cl)c(=O)c2)c2ccc(C(C)(C)C)cc2)cc1. The molecule has 1 atom stereocenters. The van der Waals surface area contributed by atoms with Crippen LogP contribution >= 0.6 is 11.8 Å². The maximum absolute atomic E-state index is 12.7. The molecule has 0 fully saturated rings. The number of aryl methyl sites for hydroxylation is 1. The van der Waals surface area contributed by atoms with Crippen molar-refractivity contribution in [3.63, 3.8) is 0 Å². The first-order valence-electron chi connectivity index (χ1n) is 9.94. The molecular weight excluding hydrogens is 452 g/mol. The van der Waals surface area contributed by atoms with Crippen molar-refractivity contribution < 1.29 is 17.3 Å². The van der Waals surface area contributed by atoms with Crippen molar-refractivity contribution in [1.82, 2.24) is 9.30 Å². The minimum Gasteiger partial charge on any atom is -0.481 e. The van der Waals surface area contributed by atoms with Gasteiger partial charge < -0.3 is 4.74 Å². The zero-order chi connectivity index (χ0) is 23.5. The average Bonchev–Trinajstić information content (AvgIpc) is 2.73. The second-order valence-electron chi connectivity index (χ2n) is 8.42. The number of aromatic nitrogens is 2. The third-order valence-electron chi connectivity index (χ3n) is 4.85. The molecule has 3 aromatic rings. The van der Waals surface area contributed by atoms with Gasteiger partial charge in [-0.25, -0.2) is 0 Å². The van der Waals surface area contributed by atoms with Crippen molar-refractivity contribution in [2.75, 3.05) is 6.61 Å². The summed E-state index contributed by atoms with van der Waals surface area (Å²) in [6.45, 7) is 7.86. The monoisotopic (exact) mass is 476 g/mol. The molecule has 0 bridgehead atoms. The van der Waals surface area contributed by atoms with Gasteiger partial charge in [0.05, 0.1) is 17.2 Å². The molecule has 2 aromatic carbocycles. The van der Waals surface area contributed by atoms with E-state index in [-0.39, 0.29) is 22.7 Å². The van der Waals surface area contributed by atoms with Gasteiger partial charge in [-0.15, -0.1) is 4.20 Å². The fourth-order valence-corrected chi connectivity index (χ4v) is 3.93. The predicted octanol–water partition coefficient (Wildman–Crippen LogP) is 4.38. The molecule has 0 amide bonds. The Morgan fingerprint density at radius 2 is 1.69 bits per heavy atom. The van der Waals surface area contributed by atoms with Crippen molar-refractivity contribution in [1.29, 1.82) is 0 Å². The molecule has 0 radical (unpaired) electrons. The Labute approximate surface area is 192 Å². The number of halogens is 1. The van der Waals surface area contributed by atoms with Gasteiger partial charge in [0.1, 0.15) is 18.5 Å². The van der Waals surface area contributed by atoms with E-state index in [9.17, 15) is 13.2 Å². The van der Waals surface area contributed by atoms with Gasteiger partial charge in [0.2, 0.25) is 0 Å². The lowest BCUT2D eigenvalue weighted by Gasteiger charge is -2.22. The summed E-state index contributed by atoms with van der Waals surface area (Å²) in [5.41, 5.74) is 2.12. The van der Waals surface area contributed by atoms with Crippen LogP contribution < -0.4 is 10.3 Å². The van der Waals surface area contributed by atoms with Crippen molar-refractivity contribution in [2.24, 2.45) is 0 Å². The number of hydrogen-bond acceptors (Lipinski definition) is 6. The van der Waals surface area contributed by atoms with E-state index in [1.165, 1.54) is 24.4 Å². The first-order chi connectivity index (χ1) is 15.0. The zero-order valence-electron chi connectivity index (χ0n) is 18.3. The highest BCUT2D eigenvalue weighted by atomic mass is 35.5. The van der Waals surface area contributed by atoms with Gasteiger partial charge in [0, 0.05) is 11.8 Å². The molecule has 32 heavy (non-hydrogen) atoms. The molecule has 0 spiro atoms. The van der Waals surface area contributed by atoms with E-state index >= 15 is 0 Å². The van der Waals surface area contributed by atoms with Crippen LogP contribution in [0.4, 0.5) is 0 Å². The molecule has 3 rings (SSSR count). The molecule has 170 valence electrons. The van der Waals surface area contributed by atoms with Gasteiger partial charge in [0.25, 0.3) is 15.7 Å². The summed E-state index contributed by atoms with van der Waals surface area (Å²) >= 11 is 5.63. The van der Waals surface area contributed by atoms with Crippen LogP contribution in [0, 0.1) is 6.92 Å². The van der Waals surface area contributed by atoms with Crippen molar-refractivity contribution in [3.05, 3.63) is 87.8 Å². The molecule has 9 heteroatoms. The van der Waals surface area contributed by atoms with Crippen LogP contribution in [-0.2, 0) is 19.7 Å². The van der Waals surface area contributed by atoms with Crippen molar-refractivity contribution in [2.45, 2.75) is 44.1 Å². The summed E-state index contributed by atoms with van der Waals surface area (Å²) < 4.78 is 37.2. The van der Waals surface area contributed by atoms with E-state index in [0.29, 0.717) is 9.76 Å². The van der Waals surface area contributed by atoms with Crippen LogP contribution in [0.15, 0.2) is 70.5 Å². The van der Waals surface area contributed by atoms with Gasteiger partial charge >= 0.3 is 0 Å². The summed E-state index contributed by atoms with van der Waals surface area (Å²) in [4.78, 5) is 11.9. The highest BCUT2D eigenvalue weighted by molar-refractivity contribution is 7.86. The van der Waals surface area contributed by atoms with E-state index in [4.69, 9.17) is 20.7 Å². The van der Waals surface area contributed by atoms with Crippen LogP contribution in [0.25, 0.3) is 0 Å². The molecule has 0 saturated heterocycles. The third-order valence-corrected chi connectivity index (χ3v) is 6.39. The summed E-state index contributed by atoms with van der Waals surface area (Å²) in [5.74, 6) is 0.146. The average molecular weight is 477 g/mol. The van der Waals surface area contributed by atoms with Gasteiger partial charge in [-0.3, -0.25) is 8.98 Å². The molecule has 0 aliphatic heterocycles. The smallest absolute Gasteiger partial charge is 0.297 e. The number of nitrogens with zero attached hydrogens (tertiary/aromatic N) is 2. The quantitative estimate of drug-likeness (QED) is 0.470. The number of rotatable bonds is 7. The Balaban J connectivity index is 1.88. The van der Waals surface area contributed by atoms with Crippen molar-refractivity contribution in [3.8, 4) is 5.75 Å². The van der Waals surface area contributed by atoms with Crippen LogP contribution in [0.5, 0.6) is 5.75 Å². The third kappa shape index (κ3) is 5.97.